The molecule has 0 amide bonds. The topological polar surface area (TPSA) is 27.1 Å². The lowest BCUT2D eigenvalue weighted by Crippen LogP contribution is -1.98. The molecule has 0 spiro atoms. The first-order valence-electron chi connectivity index (χ1n) is 10.6. The lowest BCUT2D eigenvalue weighted by Gasteiger charge is -2.11. The van der Waals surface area contributed by atoms with Gasteiger partial charge in [0.05, 0.1) is 17.6 Å². The third-order valence-electron chi connectivity index (χ3n) is 5.26. The summed E-state index contributed by atoms with van der Waals surface area (Å²) in [6.45, 7) is 7.13. The third-order valence-corrected chi connectivity index (χ3v) is 7.15. The van der Waals surface area contributed by atoms with Gasteiger partial charge < -0.3 is 4.74 Å². The van der Waals surface area contributed by atoms with E-state index in [9.17, 15) is 0 Å². The van der Waals surface area contributed by atoms with E-state index in [0.29, 0.717) is 12.5 Å². The second kappa shape index (κ2) is 10.1. The lowest BCUT2D eigenvalue weighted by atomic mass is 10.0. The van der Waals surface area contributed by atoms with Crippen LogP contribution in [0.4, 0.5) is 0 Å². The van der Waals surface area contributed by atoms with E-state index in [4.69, 9.17) is 9.72 Å². The van der Waals surface area contributed by atoms with Crippen LogP contribution in [-0.2, 0) is 10.2 Å². The summed E-state index contributed by atoms with van der Waals surface area (Å²) in [4.78, 5) is 4.98. The molecule has 0 aliphatic heterocycles. The van der Waals surface area contributed by atoms with Crippen LogP contribution in [0.3, 0.4) is 0 Å². The normalized spacial score (nSPS) is 11.4. The van der Waals surface area contributed by atoms with E-state index in [2.05, 4.69) is 95.6 Å². The summed E-state index contributed by atoms with van der Waals surface area (Å²) >= 11 is 4.19. The molecular formula is C26H27IN2OS. The number of alkyl halides is 1. The van der Waals surface area contributed by atoms with Crippen molar-refractivity contribution in [2.45, 2.75) is 42.0 Å². The van der Waals surface area contributed by atoms with Gasteiger partial charge in [-0.05, 0) is 65.9 Å². The highest BCUT2D eigenvalue weighted by molar-refractivity contribution is 14.1. The fourth-order valence-corrected chi connectivity index (χ4v) is 4.99. The second-order valence-corrected chi connectivity index (χ2v) is 9.50. The van der Waals surface area contributed by atoms with E-state index < -0.39 is 0 Å². The van der Waals surface area contributed by atoms with Gasteiger partial charge in [0.25, 0.3) is 0 Å². The molecule has 0 atom stereocenters. The van der Waals surface area contributed by atoms with Gasteiger partial charge >= 0.3 is 0 Å². The Morgan fingerprint density at radius 1 is 0.968 bits per heavy atom. The Labute approximate surface area is 202 Å². The number of aromatic nitrogens is 2. The van der Waals surface area contributed by atoms with Crippen molar-refractivity contribution in [2.24, 2.45) is 0 Å². The van der Waals surface area contributed by atoms with Crippen LogP contribution >= 0.6 is 34.4 Å². The summed E-state index contributed by atoms with van der Waals surface area (Å²) in [5.74, 6) is 2.33. The number of nitrogens with zero attached hydrogens (tertiary/aromatic N) is 2. The number of ether oxygens (including phenoxy) is 1. The van der Waals surface area contributed by atoms with Crippen LogP contribution in [0.15, 0.2) is 71.9 Å². The Morgan fingerprint density at radius 2 is 1.68 bits per heavy atom. The predicted octanol–water partition coefficient (Wildman–Crippen LogP) is 7.77. The van der Waals surface area contributed by atoms with Crippen LogP contribution in [0.1, 0.15) is 43.4 Å². The molecule has 0 N–H and O–H groups in total. The Bertz CT molecular complexity index is 1150. The van der Waals surface area contributed by atoms with E-state index in [0.717, 1.165) is 37.8 Å². The second-order valence-electron chi connectivity index (χ2n) is 7.80. The largest absolute Gasteiger partial charge is 0.494 e. The molecule has 0 aliphatic rings. The van der Waals surface area contributed by atoms with Crippen LogP contribution < -0.4 is 4.74 Å². The van der Waals surface area contributed by atoms with Crippen molar-refractivity contribution in [1.29, 1.82) is 0 Å². The maximum atomic E-state index is 5.63. The van der Waals surface area contributed by atoms with E-state index in [1.54, 1.807) is 11.8 Å². The standard InChI is InChI=1S/C26H27IN2OS/c1-4-30-23-12-10-22(11-13-23)29-25-15-20(16-27)7-14-24(25)28-26(29)31-17-19-5-8-21(9-6-19)18(2)3/h5-15,18H,4,16-17H2,1-3H3. The van der Waals surface area contributed by atoms with Gasteiger partial charge in [0.2, 0.25) is 0 Å². The molecule has 5 heteroatoms. The van der Waals surface area contributed by atoms with Gasteiger partial charge in [-0.25, -0.2) is 4.98 Å². The van der Waals surface area contributed by atoms with Gasteiger partial charge in [0.1, 0.15) is 5.75 Å². The van der Waals surface area contributed by atoms with Crippen molar-refractivity contribution in [1.82, 2.24) is 9.55 Å². The molecule has 0 bridgehead atoms. The first-order chi connectivity index (χ1) is 15.1. The van der Waals surface area contributed by atoms with Crippen LogP contribution in [-0.4, -0.2) is 16.2 Å². The van der Waals surface area contributed by atoms with Gasteiger partial charge in [-0.1, -0.05) is 78.5 Å². The van der Waals surface area contributed by atoms with E-state index in [-0.39, 0.29) is 0 Å². The summed E-state index contributed by atoms with van der Waals surface area (Å²) in [6, 6.07) is 23.8. The SMILES string of the molecule is CCOc1ccc(-n2c(SCc3ccc(C(C)C)cc3)nc3ccc(CI)cc32)cc1. The van der Waals surface area contributed by atoms with Crippen LogP contribution in [0.5, 0.6) is 5.75 Å². The highest BCUT2D eigenvalue weighted by Crippen LogP contribution is 2.32. The highest BCUT2D eigenvalue weighted by Gasteiger charge is 2.14. The Hall–Kier alpha value is -1.99. The minimum atomic E-state index is 0.553. The van der Waals surface area contributed by atoms with Gasteiger partial charge in [-0.15, -0.1) is 0 Å². The van der Waals surface area contributed by atoms with Crippen molar-refractivity contribution in [3.05, 3.63) is 83.4 Å². The summed E-state index contributed by atoms with van der Waals surface area (Å²) in [5, 5.41) is 1.01. The number of benzene rings is 3. The van der Waals surface area contributed by atoms with Gasteiger partial charge in [-0.3, -0.25) is 4.57 Å². The van der Waals surface area contributed by atoms with Gasteiger partial charge in [0, 0.05) is 15.9 Å². The average molecular weight is 542 g/mol. The minimum absolute atomic E-state index is 0.553. The quantitative estimate of drug-likeness (QED) is 0.129. The molecule has 0 saturated carbocycles. The molecule has 4 aromatic rings. The molecule has 31 heavy (non-hydrogen) atoms. The number of imidazole rings is 1. The molecule has 1 aromatic heterocycles. The first-order valence-corrected chi connectivity index (χ1v) is 13.1. The summed E-state index contributed by atoms with van der Waals surface area (Å²) in [7, 11) is 0. The summed E-state index contributed by atoms with van der Waals surface area (Å²) in [5.41, 5.74) is 7.28. The molecule has 3 nitrogen and oxygen atoms in total. The summed E-state index contributed by atoms with van der Waals surface area (Å²) < 4.78 is 8.88. The third kappa shape index (κ3) is 5.09. The zero-order valence-corrected chi connectivity index (χ0v) is 21.1. The molecule has 3 aromatic carbocycles. The van der Waals surface area contributed by atoms with E-state index in [1.807, 2.05) is 19.1 Å². The maximum absolute atomic E-state index is 5.63. The molecule has 0 unspecified atom stereocenters. The van der Waals surface area contributed by atoms with Gasteiger partial charge in [0.15, 0.2) is 5.16 Å². The van der Waals surface area contributed by atoms with Gasteiger partial charge in [-0.2, -0.15) is 0 Å². The number of halogens is 1. The maximum Gasteiger partial charge on any atom is 0.174 e. The number of fused-ring (bicyclic) bond motifs is 1. The van der Waals surface area contributed by atoms with E-state index >= 15 is 0 Å². The number of thioether (sulfide) groups is 1. The zero-order valence-electron chi connectivity index (χ0n) is 18.1. The first kappa shape index (κ1) is 22.2. The van der Waals surface area contributed by atoms with E-state index in [1.165, 1.54) is 16.7 Å². The molecule has 0 aliphatic carbocycles. The summed E-state index contributed by atoms with van der Waals surface area (Å²) in [6.07, 6.45) is 0. The van der Waals surface area contributed by atoms with Crippen LogP contribution in [0.25, 0.3) is 16.7 Å². The fourth-order valence-electron chi connectivity index (χ4n) is 3.53. The van der Waals surface area contributed by atoms with Crippen molar-refractivity contribution in [3.8, 4) is 11.4 Å². The Kier molecular flexibility index (Phi) is 7.23. The average Bonchev–Trinajstić information content (AvgIpc) is 3.16. The molecule has 4 rings (SSSR count). The molecule has 160 valence electrons. The van der Waals surface area contributed by atoms with Crippen molar-refractivity contribution >= 4 is 45.4 Å². The number of rotatable bonds is 8. The fraction of sp³-hybridized carbons (Fsp3) is 0.269. The van der Waals surface area contributed by atoms with Crippen molar-refractivity contribution in [3.63, 3.8) is 0 Å². The number of hydrogen-bond donors (Lipinski definition) is 0. The molecular weight excluding hydrogens is 515 g/mol. The minimum Gasteiger partial charge on any atom is -0.494 e. The zero-order chi connectivity index (χ0) is 21.8. The monoisotopic (exact) mass is 542 g/mol. The molecule has 1 heterocycles. The molecule has 0 radical (unpaired) electrons. The van der Waals surface area contributed by atoms with Crippen molar-refractivity contribution in [2.75, 3.05) is 6.61 Å². The van der Waals surface area contributed by atoms with Crippen LogP contribution in [0, 0.1) is 0 Å². The lowest BCUT2D eigenvalue weighted by molar-refractivity contribution is 0.340. The smallest absolute Gasteiger partial charge is 0.174 e. The number of hydrogen-bond acceptors (Lipinski definition) is 3. The molecule has 0 fully saturated rings. The van der Waals surface area contributed by atoms with Crippen molar-refractivity contribution < 1.29 is 4.74 Å². The Balaban J connectivity index is 1.69. The molecule has 0 saturated heterocycles. The van der Waals surface area contributed by atoms with Crippen LogP contribution in [0.2, 0.25) is 0 Å². The highest BCUT2D eigenvalue weighted by atomic mass is 127. The predicted molar refractivity (Wildman–Crippen MR) is 140 cm³/mol. The Morgan fingerprint density at radius 3 is 2.32 bits per heavy atom.